The van der Waals surface area contributed by atoms with Crippen molar-refractivity contribution in [2.75, 3.05) is 20.3 Å². The maximum atomic E-state index is 11.7. The second kappa shape index (κ2) is 5.76. The van der Waals surface area contributed by atoms with Crippen LogP contribution in [0.4, 0.5) is 0 Å². The highest BCUT2D eigenvalue weighted by atomic mass is 32.2. The van der Waals surface area contributed by atoms with Gasteiger partial charge in [-0.3, -0.25) is 0 Å². The van der Waals surface area contributed by atoms with Crippen LogP contribution in [0.2, 0.25) is 0 Å². The molecular weight excluding hydrogens is 246 g/mol. The molecule has 94 valence electrons. The van der Waals surface area contributed by atoms with E-state index in [9.17, 15) is 13.2 Å². The molecule has 0 saturated heterocycles. The van der Waals surface area contributed by atoms with Gasteiger partial charge in [0.1, 0.15) is 0 Å². The SMILES string of the molecule is COC(=O)c1cccc(S(=O)(=O)NCCO)c1. The number of rotatable bonds is 5. The topological polar surface area (TPSA) is 92.7 Å². The number of aliphatic hydroxyl groups excluding tert-OH is 1. The summed E-state index contributed by atoms with van der Waals surface area (Å²) in [6.07, 6.45) is 0. The van der Waals surface area contributed by atoms with Crippen LogP contribution in [0.3, 0.4) is 0 Å². The number of ether oxygens (including phenoxy) is 1. The van der Waals surface area contributed by atoms with E-state index in [1.54, 1.807) is 0 Å². The van der Waals surface area contributed by atoms with Crippen molar-refractivity contribution in [2.45, 2.75) is 4.90 Å². The maximum absolute atomic E-state index is 11.7. The highest BCUT2D eigenvalue weighted by molar-refractivity contribution is 7.89. The highest BCUT2D eigenvalue weighted by Crippen LogP contribution is 2.11. The normalized spacial score (nSPS) is 11.2. The van der Waals surface area contributed by atoms with E-state index in [-0.39, 0.29) is 23.6 Å². The van der Waals surface area contributed by atoms with Gasteiger partial charge in [-0.15, -0.1) is 0 Å². The number of hydrogen-bond donors (Lipinski definition) is 2. The standard InChI is InChI=1S/C10H13NO5S/c1-16-10(13)8-3-2-4-9(7-8)17(14,15)11-5-6-12/h2-4,7,11-12H,5-6H2,1H3. The van der Waals surface area contributed by atoms with Crippen LogP contribution in [0.1, 0.15) is 10.4 Å². The molecule has 17 heavy (non-hydrogen) atoms. The number of hydrogen-bond acceptors (Lipinski definition) is 5. The monoisotopic (exact) mass is 259 g/mol. The number of carbonyl (C=O) groups is 1. The van der Waals surface area contributed by atoms with E-state index in [2.05, 4.69) is 9.46 Å². The van der Waals surface area contributed by atoms with Crippen molar-refractivity contribution in [3.8, 4) is 0 Å². The lowest BCUT2D eigenvalue weighted by Crippen LogP contribution is -2.26. The van der Waals surface area contributed by atoms with Gasteiger partial charge in [-0.2, -0.15) is 0 Å². The van der Waals surface area contributed by atoms with Crippen LogP contribution < -0.4 is 4.72 Å². The molecule has 0 unspecified atom stereocenters. The van der Waals surface area contributed by atoms with E-state index in [1.807, 2.05) is 0 Å². The van der Waals surface area contributed by atoms with E-state index in [0.717, 1.165) is 0 Å². The summed E-state index contributed by atoms with van der Waals surface area (Å²) in [5.41, 5.74) is 0.152. The molecule has 1 aromatic carbocycles. The van der Waals surface area contributed by atoms with E-state index in [0.29, 0.717) is 0 Å². The summed E-state index contributed by atoms with van der Waals surface area (Å²) in [6, 6.07) is 5.47. The molecule has 1 aromatic rings. The van der Waals surface area contributed by atoms with Crippen LogP contribution in [0.25, 0.3) is 0 Å². The third-order valence-electron chi connectivity index (χ3n) is 1.97. The summed E-state index contributed by atoms with van der Waals surface area (Å²) in [6.45, 7) is -0.374. The molecule has 0 aliphatic rings. The molecule has 0 radical (unpaired) electrons. The Morgan fingerprint density at radius 1 is 1.47 bits per heavy atom. The first kappa shape index (κ1) is 13.6. The van der Waals surface area contributed by atoms with Crippen LogP contribution in [0, 0.1) is 0 Å². The third-order valence-corrected chi connectivity index (χ3v) is 3.43. The van der Waals surface area contributed by atoms with Gasteiger partial charge in [0.2, 0.25) is 10.0 Å². The van der Waals surface area contributed by atoms with Gasteiger partial charge in [-0.25, -0.2) is 17.9 Å². The molecule has 0 fully saturated rings. The Morgan fingerprint density at radius 2 is 2.18 bits per heavy atom. The van der Waals surface area contributed by atoms with E-state index >= 15 is 0 Å². The Morgan fingerprint density at radius 3 is 2.76 bits per heavy atom. The Kier molecular flexibility index (Phi) is 4.62. The lowest BCUT2D eigenvalue weighted by atomic mass is 10.2. The molecule has 0 aromatic heterocycles. The van der Waals surface area contributed by atoms with Crippen LogP contribution in [0.15, 0.2) is 29.2 Å². The fraction of sp³-hybridized carbons (Fsp3) is 0.300. The Balaban J connectivity index is 3.03. The van der Waals surface area contributed by atoms with Crippen LogP contribution in [0.5, 0.6) is 0 Å². The summed E-state index contributed by atoms with van der Waals surface area (Å²) >= 11 is 0. The number of methoxy groups -OCH3 is 1. The smallest absolute Gasteiger partial charge is 0.337 e. The number of benzene rings is 1. The number of esters is 1. The lowest BCUT2D eigenvalue weighted by molar-refractivity contribution is 0.0600. The van der Waals surface area contributed by atoms with E-state index < -0.39 is 16.0 Å². The van der Waals surface area contributed by atoms with Crippen LogP contribution in [-0.4, -0.2) is 39.8 Å². The first-order valence-corrected chi connectivity index (χ1v) is 6.28. The highest BCUT2D eigenvalue weighted by Gasteiger charge is 2.15. The van der Waals surface area contributed by atoms with Crippen molar-refractivity contribution < 1.29 is 23.1 Å². The largest absolute Gasteiger partial charge is 0.465 e. The van der Waals surface area contributed by atoms with Crippen molar-refractivity contribution in [1.82, 2.24) is 4.72 Å². The molecule has 6 nitrogen and oxygen atoms in total. The predicted octanol–water partition coefficient (Wildman–Crippen LogP) is -0.256. The first-order valence-electron chi connectivity index (χ1n) is 4.80. The van der Waals surface area contributed by atoms with Crippen molar-refractivity contribution in [2.24, 2.45) is 0 Å². The fourth-order valence-electron chi connectivity index (χ4n) is 1.17. The van der Waals surface area contributed by atoms with Gasteiger partial charge in [-0.1, -0.05) is 6.07 Å². The van der Waals surface area contributed by atoms with Crippen molar-refractivity contribution in [3.05, 3.63) is 29.8 Å². The van der Waals surface area contributed by atoms with Gasteiger partial charge in [0.05, 0.1) is 24.2 Å². The Labute approximate surface area is 99.3 Å². The molecule has 2 N–H and O–H groups in total. The minimum absolute atomic E-state index is 0.0474. The lowest BCUT2D eigenvalue weighted by Gasteiger charge is -2.06. The second-order valence-corrected chi connectivity index (χ2v) is 4.91. The minimum atomic E-state index is -3.70. The Hall–Kier alpha value is -1.44. The molecular formula is C10H13NO5S. The van der Waals surface area contributed by atoms with Gasteiger partial charge < -0.3 is 9.84 Å². The van der Waals surface area contributed by atoms with Gasteiger partial charge in [0, 0.05) is 6.54 Å². The molecule has 0 spiro atoms. The second-order valence-electron chi connectivity index (χ2n) is 3.14. The molecule has 1 rings (SSSR count). The van der Waals surface area contributed by atoms with Crippen LogP contribution in [-0.2, 0) is 14.8 Å². The zero-order chi connectivity index (χ0) is 12.9. The summed E-state index contributed by atoms with van der Waals surface area (Å²) in [4.78, 5) is 11.2. The molecule has 0 saturated carbocycles. The number of nitrogens with one attached hydrogen (secondary N) is 1. The summed E-state index contributed by atoms with van der Waals surface area (Å²) < 4.78 is 30.0. The van der Waals surface area contributed by atoms with E-state index in [4.69, 9.17) is 5.11 Å². The average Bonchev–Trinajstić information content (AvgIpc) is 2.35. The molecule has 0 bridgehead atoms. The average molecular weight is 259 g/mol. The molecule has 7 heteroatoms. The zero-order valence-corrected chi connectivity index (χ0v) is 10.0. The summed E-state index contributed by atoms with van der Waals surface area (Å²) in [5.74, 6) is -0.607. The van der Waals surface area contributed by atoms with Crippen molar-refractivity contribution >= 4 is 16.0 Å². The quantitative estimate of drug-likeness (QED) is 0.711. The van der Waals surface area contributed by atoms with Gasteiger partial charge >= 0.3 is 5.97 Å². The molecule has 0 heterocycles. The summed E-state index contributed by atoms with van der Waals surface area (Å²) in [7, 11) is -2.49. The Bertz CT molecular complexity index is 497. The molecule has 0 aliphatic heterocycles. The van der Waals surface area contributed by atoms with Gasteiger partial charge in [-0.05, 0) is 18.2 Å². The fourth-order valence-corrected chi connectivity index (χ4v) is 2.24. The molecule has 0 aliphatic carbocycles. The van der Waals surface area contributed by atoms with Crippen LogP contribution >= 0.6 is 0 Å². The van der Waals surface area contributed by atoms with Crippen molar-refractivity contribution in [3.63, 3.8) is 0 Å². The number of carbonyl (C=O) groups excluding carboxylic acids is 1. The van der Waals surface area contributed by atoms with E-state index in [1.165, 1.54) is 31.4 Å². The third kappa shape index (κ3) is 3.52. The minimum Gasteiger partial charge on any atom is -0.465 e. The first-order chi connectivity index (χ1) is 8.01. The molecule has 0 atom stereocenters. The zero-order valence-electron chi connectivity index (χ0n) is 9.21. The van der Waals surface area contributed by atoms with Gasteiger partial charge in [0.15, 0.2) is 0 Å². The summed E-state index contributed by atoms with van der Waals surface area (Å²) in [5, 5.41) is 8.56. The number of sulfonamides is 1. The number of aliphatic hydroxyl groups is 1. The molecule has 0 amide bonds. The maximum Gasteiger partial charge on any atom is 0.337 e. The predicted molar refractivity (Wildman–Crippen MR) is 60.1 cm³/mol. The van der Waals surface area contributed by atoms with Gasteiger partial charge in [0.25, 0.3) is 0 Å². The van der Waals surface area contributed by atoms with Crippen molar-refractivity contribution in [1.29, 1.82) is 0 Å².